The van der Waals surface area contributed by atoms with Gasteiger partial charge in [-0.1, -0.05) is 22.0 Å². The van der Waals surface area contributed by atoms with E-state index in [0.717, 1.165) is 18.7 Å². The second kappa shape index (κ2) is 5.64. The van der Waals surface area contributed by atoms with Crippen molar-refractivity contribution in [1.82, 2.24) is 0 Å². The maximum Gasteiger partial charge on any atom is 0.0323 e. The van der Waals surface area contributed by atoms with Crippen molar-refractivity contribution < 1.29 is 0 Å². The van der Waals surface area contributed by atoms with Crippen molar-refractivity contribution in [2.75, 3.05) is 5.88 Å². The molecule has 0 N–H and O–H groups in total. The van der Waals surface area contributed by atoms with Gasteiger partial charge in [-0.2, -0.15) is 0 Å². The van der Waals surface area contributed by atoms with Gasteiger partial charge in [-0.05, 0) is 12.8 Å². The van der Waals surface area contributed by atoms with Gasteiger partial charge in [0, 0.05) is 10.7 Å². The van der Waals surface area contributed by atoms with E-state index >= 15 is 0 Å². The van der Waals surface area contributed by atoms with E-state index in [9.17, 15) is 0 Å². The van der Waals surface area contributed by atoms with Crippen LogP contribution in [0.1, 0.15) is 12.8 Å². The zero-order chi connectivity index (χ0) is 6.41. The van der Waals surface area contributed by atoms with E-state index < -0.39 is 0 Å². The highest BCUT2D eigenvalue weighted by molar-refractivity contribution is 9.09. The first kappa shape index (κ1) is 8.51. The van der Waals surface area contributed by atoms with Gasteiger partial charge >= 0.3 is 0 Å². The highest BCUT2D eigenvalue weighted by Crippen LogP contribution is 2.08. The van der Waals surface area contributed by atoms with Crippen molar-refractivity contribution in [1.29, 1.82) is 0 Å². The third-order valence-electron chi connectivity index (χ3n) is 0.869. The molecule has 0 aromatic rings. The molecule has 0 radical (unpaired) electrons. The highest BCUT2D eigenvalue weighted by atomic mass is 79.9. The lowest BCUT2D eigenvalue weighted by Crippen LogP contribution is -1.90. The standard InChI is InChI=1S/C6H10BrCl/c1-2-6(7)4-3-5-8/h2,6H,1,3-5H2. The Morgan fingerprint density at radius 3 is 2.75 bits per heavy atom. The molecular formula is C6H10BrCl. The van der Waals surface area contributed by atoms with Gasteiger partial charge in [-0.3, -0.25) is 0 Å². The van der Waals surface area contributed by atoms with Crippen LogP contribution < -0.4 is 0 Å². The molecule has 0 fully saturated rings. The van der Waals surface area contributed by atoms with Crippen LogP contribution in [0, 0.1) is 0 Å². The van der Waals surface area contributed by atoms with E-state index in [1.54, 1.807) is 0 Å². The molecule has 0 heterocycles. The minimum atomic E-state index is 0.446. The average molecular weight is 198 g/mol. The van der Waals surface area contributed by atoms with Gasteiger partial charge in [0.15, 0.2) is 0 Å². The summed E-state index contributed by atoms with van der Waals surface area (Å²) in [5.74, 6) is 0.746. The summed E-state index contributed by atoms with van der Waals surface area (Å²) in [6.07, 6.45) is 4.03. The predicted octanol–water partition coefficient (Wildman–Crippen LogP) is 2.95. The second-order valence-electron chi connectivity index (χ2n) is 1.58. The Kier molecular flexibility index (Phi) is 6.00. The van der Waals surface area contributed by atoms with Gasteiger partial charge < -0.3 is 0 Å². The molecule has 0 bridgehead atoms. The van der Waals surface area contributed by atoms with Crippen LogP contribution in [0.25, 0.3) is 0 Å². The van der Waals surface area contributed by atoms with Crippen molar-refractivity contribution >= 4 is 27.5 Å². The molecule has 8 heavy (non-hydrogen) atoms. The molecule has 0 amide bonds. The fourth-order valence-electron chi connectivity index (χ4n) is 0.390. The van der Waals surface area contributed by atoms with Crippen LogP contribution in [0.2, 0.25) is 0 Å². The Morgan fingerprint density at radius 1 is 1.75 bits per heavy atom. The van der Waals surface area contributed by atoms with E-state index in [1.165, 1.54) is 0 Å². The van der Waals surface area contributed by atoms with Gasteiger partial charge in [0.25, 0.3) is 0 Å². The summed E-state index contributed by atoms with van der Waals surface area (Å²) in [7, 11) is 0. The molecule has 0 spiro atoms. The molecule has 0 saturated heterocycles. The second-order valence-corrected chi connectivity index (χ2v) is 3.14. The summed E-state index contributed by atoms with van der Waals surface area (Å²) in [5, 5.41) is 0. The lowest BCUT2D eigenvalue weighted by atomic mass is 10.2. The number of rotatable bonds is 4. The molecular weight excluding hydrogens is 187 g/mol. The lowest BCUT2D eigenvalue weighted by Gasteiger charge is -1.98. The highest BCUT2D eigenvalue weighted by Gasteiger charge is 1.94. The van der Waals surface area contributed by atoms with Crippen molar-refractivity contribution in [2.24, 2.45) is 0 Å². The smallest absolute Gasteiger partial charge is 0.0323 e. The molecule has 2 heteroatoms. The fraction of sp³-hybridized carbons (Fsp3) is 0.667. The predicted molar refractivity (Wildman–Crippen MR) is 42.9 cm³/mol. The largest absolute Gasteiger partial charge is 0.127 e. The fourth-order valence-corrected chi connectivity index (χ4v) is 0.868. The third-order valence-corrected chi connectivity index (χ3v) is 1.97. The zero-order valence-electron chi connectivity index (χ0n) is 4.74. The third kappa shape index (κ3) is 4.66. The molecule has 0 aliphatic rings. The Hall–Kier alpha value is 0.510. The molecule has 0 aliphatic carbocycles. The quantitative estimate of drug-likeness (QED) is 0.480. The molecule has 0 aliphatic heterocycles. The van der Waals surface area contributed by atoms with Crippen molar-refractivity contribution in [3.8, 4) is 0 Å². The van der Waals surface area contributed by atoms with Gasteiger partial charge in [0.2, 0.25) is 0 Å². The number of hydrogen-bond acceptors (Lipinski definition) is 0. The van der Waals surface area contributed by atoms with Crippen LogP contribution in [-0.4, -0.2) is 10.7 Å². The number of allylic oxidation sites excluding steroid dienone is 1. The average Bonchev–Trinajstić information content (AvgIpc) is 1.83. The molecule has 0 nitrogen and oxygen atoms in total. The van der Waals surface area contributed by atoms with E-state index in [4.69, 9.17) is 11.6 Å². The number of alkyl halides is 2. The Bertz CT molecular complexity index is 63.5. The van der Waals surface area contributed by atoms with E-state index in [1.807, 2.05) is 6.08 Å². The van der Waals surface area contributed by atoms with Gasteiger partial charge in [0.05, 0.1) is 0 Å². The number of hydrogen-bond donors (Lipinski definition) is 0. The van der Waals surface area contributed by atoms with Gasteiger partial charge in [-0.15, -0.1) is 18.2 Å². The first-order chi connectivity index (χ1) is 3.81. The van der Waals surface area contributed by atoms with Crippen LogP contribution in [0.15, 0.2) is 12.7 Å². The maximum atomic E-state index is 5.45. The van der Waals surface area contributed by atoms with E-state index in [-0.39, 0.29) is 0 Å². The zero-order valence-corrected chi connectivity index (χ0v) is 7.08. The van der Waals surface area contributed by atoms with Crippen LogP contribution in [0.4, 0.5) is 0 Å². The molecule has 0 aromatic carbocycles. The molecule has 0 rings (SSSR count). The topological polar surface area (TPSA) is 0 Å². The van der Waals surface area contributed by atoms with Crippen LogP contribution in [0.5, 0.6) is 0 Å². The normalized spacial score (nSPS) is 13.2. The Balaban J connectivity index is 2.98. The molecule has 1 unspecified atom stereocenters. The summed E-state index contributed by atoms with van der Waals surface area (Å²) in [4.78, 5) is 0.446. The molecule has 0 saturated carbocycles. The number of halogens is 2. The molecule has 1 atom stereocenters. The van der Waals surface area contributed by atoms with Crippen LogP contribution in [0.3, 0.4) is 0 Å². The Labute approximate surface area is 64.0 Å². The van der Waals surface area contributed by atoms with E-state index in [0.29, 0.717) is 4.83 Å². The molecule has 0 aromatic heterocycles. The van der Waals surface area contributed by atoms with Crippen molar-refractivity contribution in [3.63, 3.8) is 0 Å². The minimum absolute atomic E-state index is 0.446. The summed E-state index contributed by atoms with van der Waals surface area (Å²) in [6.45, 7) is 3.62. The first-order valence-electron chi connectivity index (χ1n) is 2.64. The van der Waals surface area contributed by atoms with Crippen molar-refractivity contribution in [3.05, 3.63) is 12.7 Å². The first-order valence-corrected chi connectivity index (χ1v) is 4.09. The van der Waals surface area contributed by atoms with E-state index in [2.05, 4.69) is 22.5 Å². The Morgan fingerprint density at radius 2 is 2.38 bits per heavy atom. The summed E-state index contributed by atoms with van der Waals surface area (Å²) in [5.41, 5.74) is 0. The maximum absolute atomic E-state index is 5.45. The summed E-state index contributed by atoms with van der Waals surface area (Å²) in [6, 6.07) is 0. The summed E-state index contributed by atoms with van der Waals surface area (Å²) < 4.78 is 0. The van der Waals surface area contributed by atoms with Crippen LogP contribution >= 0.6 is 27.5 Å². The minimum Gasteiger partial charge on any atom is -0.127 e. The van der Waals surface area contributed by atoms with Gasteiger partial charge in [0.1, 0.15) is 0 Å². The summed E-state index contributed by atoms with van der Waals surface area (Å²) >= 11 is 8.85. The van der Waals surface area contributed by atoms with Crippen molar-refractivity contribution in [2.45, 2.75) is 17.7 Å². The SMILES string of the molecule is C=CC(Br)CCCCl. The molecule has 48 valence electrons. The van der Waals surface area contributed by atoms with Crippen LogP contribution in [-0.2, 0) is 0 Å². The van der Waals surface area contributed by atoms with Gasteiger partial charge in [-0.25, -0.2) is 0 Å². The lowest BCUT2D eigenvalue weighted by molar-refractivity contribution is 0.842. The monoisotopic (exact) mass is 196 g/mol.